The summed E-state index contributed by atoms with van der Waals surface area (Å²) in [6, 6.07) is 4.88. The van der Waals surface area contributed by atoms with Crippen molar-refractivity contribution < 1.29 is 5.11 Å². The van der Waals surface area contributed by atoms with Crippen molar-refractivity contribution in [2.24, 2.45) is 0 Å². The predicted octanol–water partition coefficient (Wildman–Crippen LogP) is 6.50. The first-order valence-corrected chi connectivity index (χ1v) is 10.1. The lowest BCUT2D eigenvalue weighted by atomic mass is 10.0. The Kier molecular flexibility index (Phi) is 7.86. The Labute approximate surface area is 168 Å². The molecular formula is C25H33NO2. The van der Waals surface area contributed by atoms with Gasteiger partial charge in [-0.25, -0.2) is 0 Å². The molecule has 2 aromatic rings. The molecule has 0 aliphatic rings. The van der Waals surface area contributed by atoms with Gasteiger partial charge in [0, 0.05) is 22.2 Å². The second-order valence-corrected chi connectivity index (χ2v) is 7.95. The number of phenols is 1. The summed E-state index contributed by atoms with van der Waals surface area (Å²) in [6.45, 7) is 10.5. The molecule has 28 heavy (non-hydrogen) atoms. The molecule has 3 heteroatoms. The van der Waals surface area contributed by atoms with Crippen molar-refractivity contribution in [1.82, 2.24) is 4.98 Å². The van der Waals surface area contributed by atoms with Crippen molar-refractivity contribution in [1.29, 1.82) is 0 Å². The SMILES string of the molecule is CC(C)=CCC/C(C)=C/CC/C(C)=C/Cc1c(C)[nH]c2ccc(O)cc2c1=O. The van der Waals surface area contributed by atoms with Crippen LogP contribution in [0.3, 0.4) is 0 Å². The van der Waals surface area contributed by atoms with E-state index in [4.69, 9.17) is 0 Å². The minimum atomic E-state index is 0.00112. The first kappa shape index (κ1) is 21.7. The maximum atomic E-state index is 12.8. The second kappa shape index (κ2) is 10.1. The van der Waals surface area contributed by atoms with Gasteiger partial charge in [0.1, 0.15) is 5.75 Å². The normalized spacial score (nSPS) is 12.5. The zero-order chi connectivity index (χ0) is 20.7. The largest absolute Gasteiger partial charge is 0.508 e. The van der Waals surface area contributed by atoms with E-state index in [1.165, 1.54) is 22.8 Å². The van der Waals surface area contributed by atoms with Gasteiger partial charge in [-0.3, -0.25) is 4.79 Å². The summed E-state index contributed by atoms with van der Waals surface area (Å²) < 4.78 is 0. The van der Waals surface area contributed by atoms with Crippen LogP contribution >= 0.6 is 0 Å². The predicted molar refractivity (Wildman–Crippen MR) is 120 cm³/mol. The standard InChI is InChI=1S/C25H33NO2/c1-17(2)8-6-9-18(3)10-7-11-19(4)12-14-22-20(5)26-24-15-13-21(27)16-23(24)25(22)28/h8,10,12-13,15-16,27H,6-7,9,11,14H2,1-5H3,(H,26,28)/b18-10+,19-12+. The summed E-state index contributed by atoms with van der Waals surface area (Å²) in [5.74, 6) is 0.117. The van der Waals surface area contributed by atoms with Crippen LogP contribution in [0.25, 0.3) is 10.9 Å². The molecule has 0 spiro atoms. The first-order chi connectivity index (χ1) is 13.3. The smallest absolute Gasteiger partial charge is 0.193 e. The quantitative estimate of drug-likeness (QED) is 0.514. The van der Waals surface area contributed by atoms with Crippen molar-refractivity contribution in [2.75, 3.05) is 0 Å². The Hall–Kier alpha value is -2.55. The molecule has 0 bridgehead atoms. The number of fused-ring (bicyclic) bond motifs is 1. The lowest BCUT2D eigenvalue weighted by Crippen LogP contribution is -2.12. The third kappa shape index (κ3) is 6.26. The van der Waals surface area contributed by atoms with E-state index in [0.29, 0.717) is 11.8 Å². The monoisotopic (exact) mass is 379 g/mol. The molecule has 1 heterocycles. The highest BCUT2D eigenvalue weighted by atomic mass is 16.3. The Balaban J connectivity index is 2.01. The van der Waals surface area contributed by atoms with Crippen LogP contribution in [0, 0.1) is 6.92 Å². The van der Waals surface area contributed by atoms with Gasteiger partial charge >= 0.3 is 0 Å². The third-order valence-corrected chi connectivity index (χ3v) is 5.07. The molecule has 1 aromatic heterocycles. The van der Waals surface area contributed by atoms with E-state index in [0.717, 1.165) is 42.5 Å². The van der Waals surface area contributed by atoms with Crippen LogP contribution in [0.15, 0.2) is 57.9 Å². The lowest BCUT2D eigenvalue weighted by molar-refractivity contribution is 0.476. The summed E-state index contributed by atoms with van der Waals surface area (Å²) >= 11 is 0. The zero-order valence-corrected chi connectivity index (χ0v) is 17.9. The number of pyridine rings is 1. The molecule has 0 amide bonds. The number of phenolic OH excluding ortho intramolecular Hbond substituents is 1. The zero-order valence-electron chi connectivity index (χ0n) is 17.9. The van der Waals surface area contributed by atoms with E-state index in [-0.39, 0.29) is 11.2 Å². The van der Waals surface area contributed by atoms with Gasteiger partial charge in [-0.1, -0.05) is 34.9 Å². The molecule has 0 saturated heterocycles. The summed E-state index contributed by atoms with van der Waals surface area (Å²) in [5, 5.41) is 10.2. The highest BCUT2D eigenvalue weighted by molar-refractivity contribution is 5.80. The Bertz CT molecular complexity index is 970. The lowest BCUT2D eigenvalue weighted by Gasteiger charge is -2.07. The molecule has 0 radical (unpaired) electrons. The fourth-order valence-electron chi connectivity index (χ4n) is 3.30. The number of aromatic hydroxyl groups is 1. The Morgan fingerprint density at radius 1 is 1.00 bits per heavy atom. The summed E-state index contributed by atoms with van der Waals surface area (Å²) in [5.41, 5.74) is 6.53. The molecular weight excluding hydrogens is 346 g/mol. The van der Waals surface area contributed by atoms with Gasteiger partial charge in [0.25, 0.3) is 0 Å². The fourth-order valence-corrected chi connectivity index (χ4v) is 3.30. The highest BCUT2D eigenvalue weighted by Gasteiger charge is 2.09. The van der Waals surface area contributed by atoms with Crippen molar-refractivity contribution in [3.05, 3.63) is 74.6 Å². The minimum absolute atomic E-state index is 0.00112. The molecule has 0 aliphatic carbocycles. The van der Waals surface area contributed by atoms with Crippen LogP contribution in [-0.2, 0) is 6.42 Å². The minimum Gasteiger partial charge on any atom is -0.508 e. The molecule has 3 nitrogen and oxygen atoms in total. The van der Waals surface area contributed by atoms with E-state index >= 15 is 0 Å². The van der Waals surface area contributed by atoms with Crippen LogP contribution in [0.4, 0.5) is 0 Å². The van der Waals surface area contributed by atoms with E-state index in [9.17, 15) is 9.90 Å². The second-order valence-electron chi connectivity index (χ2n) is 7.95. The van der Waals surface area contributed by atoms with Gasteiger partial charge in [-0.15, -0.1) is 0 Å². The molecule has 2 N–H and O–H groups in total. The van der Waals surface area contributed by atoms with Gasteiger partial charge in [0.15, 0.2) is 5.43 Å². The van der Waals surface area contributed by atoms with Gasteiger partial charge < -0.3 is 10.1 Å². The van der Waals surface area contributed by atoms with Crippen LogP contribution in [0.5, 0.6) is 5.75 Å². The Morgan fingerprint density at radius 2 is 1.64 bits per heavy atom. The maximum Gasteiger partial charge on any atom is 0.193 e. The number of allylic oxidation sites excluding steroid dienone is 6. The number of nitrogens with one attached hydrogen (secondary N) is 1. The number of benzene rings is 1. The third-order valence-electron chi connectivity index (χ3n) is 5.07. The van der Waals surface area contributed by atoms with Crippen LogP contribution in [0.1, 0.15) is 64.6 Å². The number of H-pyrrole nitrogens is 1. The number of hydrogen-bond donors (Lipinski definition) is 2. The van der Waals surface area contributed by atoms with Crippen molar-refractivity contribution >= 4 is 10.9 Å². The van der Waals surface area contributed by atoms with E-state index in [1.54, 1.807) is 12.1 Å². The number of hydrogen-bond acceptors (Lipinski definition) is 2. The van der Waals surface area contributed by atoms with Gasteiger partial charge in [0.05, 0.1) is 0 Å². The molecule has 0 fully saturated rings. The van der Waals surface area contributed by atoms with Crippen molar-refractivity contribution in [3.8, 4) is 5.75 Å². The van der Waals surface area contributed by atoms with E-state index < -0.39 is 0 Å². The summed E-state index contributed by atoms with van der Waals surface area (Å²) in [6.07, 6.45) is 11.6. The molecule has 0 unspecified atom stereocenters. The van der Waals surface area contributed by atoms with Crippen LogP contribution in [-0.4, -0.2) is 10.1 Å². The first-order valence-electron chi connectivity index (χ1n) is 10.1. The van der Waals surface area contributed by atoms with Crippen LogP contribution in [0.2, 0.25) is 0 Å². The number of rotatable bonds is 8. The Morgan fingerprint density at radius 3 is 2.32 bits per heavy atom. The van der Waals surface area contributed by atoms with E-state index in [1.807, 2.05) is 6.92 Å². The summed E-state index contributed by atoms with van der Waals surface area (Å²) in [4.78, 5) is 16.1. The fraction of sp³-hybridized carbons (Fsp3) is 0.400. The van der Waals surface area contributed by atoms with Crippen LogP contribution < -0.4 is 5.43 Å². The van der Waals surface area contributed by atoms with Gasteiger partial charge in [-0.2, -0.15) is 0 Å². The average molecular weight is 380 g/mol. The maximum absolute atomic E-state index is 12.8. The van der Waals surface area contributed by atoms with E-state index in [2.05, 4.69) is 50.9 Å². The topological polar surface area (TPSA) is 53.1 Å². The molecule has 0 atom stereocenters. The van der Waals surface area contributed by atoms with Crippen molar-refractivity contribution in [3.63, 3.8) is 0 Å². The average Bonchev–Trinajstić information content (AvgIpc) is 2.62. The number of aromatic nitrogens is 1. The molecule has 0 saturated carbocycles. The number of aromatic amines is 1. The van der Waals surface area contributed by atoms with Gasteiger partial charge in [-0.05, 0) is 84.9 Å². The molecule has 0 aliphatic heterocycles. The van der Waals surface area contributed by atoms with Gasteiger partial charge in [0.2, 0.25) is 0 Å². The summed E-state index contributed by atoms with van der Waals surface area (Å²) in [7, 11) is 0. The molecule has 150 valence electrons. The highest BCUT2D eigenvalue weighted by Crippen LogP contribution is 2.18. The number of aryl methyl sites for hydroxylation is 1. The molecule has 2 rings (SSSR count). The molecule has 1 aromatic carbocycles. The van der Waals surface area contributed by atoms with Crippen molar-refractivity contribution in [2.45, 2.75) is 66.7 Å².